The van der Waals surface area contributed by atoms with Crippen LogP contribution in [0.15, 0.2) is 12.2 Å². The van der Waals surface area contributed by atoms with Crippen LogP contribution in [0, 0.1) is 0 Å². The third-order valence-corrected chi connectivity index (χ3v) is 12.4. The maximum atomic E-state index is 12.8. The highest BCUT2D eigenvalue weighted by molar-refractivity contribution is 5.70. The number of likely N-dealkylation sites (N-methyl/N-ethyl adjacent to an activating group) is 1. The maximum Gasteiger partial charge on any atom is 0.306 e. The molecule has 366 valence electrons. The molecule has 0 aromatic rings. The second-order valence-corrected chi connectivity index (χ2v) is 19.5. The third kappa shape index (κ3) is 43.3. The van der Waals surface area contributed by atoms with E-state index < -0.39 is 18.1 Å². The van der Waals surface area contributed by atoms with Gasteiger partial charge in [-0.1, -0.05) is 219 Å². The molecule has 0 rings (SSSR count). The highest BCUT2D eigenvalue weighted by Gasteiger charge is 2.25. The number of nitrogens with zero attached hydrogens (tertiary/aromatic N) is 1. The number of ether oxygens (including phenoxy) is 3. The number of hydrogen-bond acceptors (Lipinski definition) is 7. The molecule has 0 aliphatic heterocycles. The van der Waals surface area contributed by atoms with E-state index >= 15 is 0 Å². The van der Waals surface area contributed by atoms with Gasteiger partial charge in [0.25, 0.3) is 0 Å². The molecule has 0 amide bonds. The van der Waals surface area contributed by atoms with Gasteiger partial charge >= 0.3 is 11.9 Å². The minimum Gasteiger partial charge on any atom is -0.544 e. The van der Waals surface area contributed by atoms with Gasteiger partial charge in [0.05, 0.1) is 40.3 Å². The summed E-state index contributed by atoms with van der Waals surface area (Å²) in [6.45, 7) is 4.71. The fourth-order valence-electron chi connectivity index (χ4n) is 8.25. The molecule has 8 nitrogen and oxygen atoms in total. The molecule has 0 bridgehead atoms. The normalized spacial score (nSPS) is 12.9. The molecule has 0 saturated heterocycles. The van der Waals surface area contributed by atoms with E-state index in [0.717, 1.165) is 38.5 Å². The molecule has 0 heterocycles. The Morgan fingerprint density at radius 3 is 1.16 bits per heavy atom. The lowest BCUT2D eigenvalue weighted by Gasteiger charge is -2.34. The van der Waals surface area contributed by atoms with Gasteiger partial charge in [-0.3, -0.25) is 9.59 Å². The minimum atomic E-state index is -1.12. The van der Waals surface area contributed by atoms with Crippen LogP contribution >= 0.6 is 0 Å². The molecule has 2 unspecified atom stereocenters. The van der Waals surface area contributed by atoms with Gasteiger partial charge in [-0.05, 0) is 38.5 Å². The first-order valence-electron chi connectivity index (χ1n) is 26.7. The van der Waals surface area contributed by atoms with Crippen molar-refractivity contribution in [2.45, 2.75) is 276 Å². The second-order valence-electron chi connectivity index (χ2n) is 19.5. The van der Waals surface area contributed by atoms with Crippen molar-refractivity contribution < 1.29 is 38.2 Å². The topological polar surface area (TPSA) is 102 Å². The predicted molar refractivity (Wildman–Crippen MR) is 259 cm³/mol. The quantitative estimate of drug-likeness (QED) is 0.0260. The lowest BCUT2D eigenvalue weighted by Crippen LogP contribution is -2.55. The summed E-state index contributed by atoms with van der Waals surface area (Å²) in [5.74, 6) is -1.72. The van der Waals surface area contributed by atoms with Crippen LogP contribution in [0.4, 0.5) is 0 Å². The molecule has 0 radical (unpaired) electrons. The Bertz CT molecular complexity index is 1020. The monoisotopic (exact) mass is 878 g/mol. The highest BCUT2D eigenvalue weighted by atomic mass is 16.6. The summed E-state index contributed by atoms with van der Waals surface area (Å²) in [5.41, 5.74) is 0. The lowest BCUT2D eigenvalue weighted by molar-refractivity contribution is -0.889. The van der Waals surface area contributed by atoms with E-state index in [0.29, 0.717) is 12.8 Å². The van der Waals surface area contributed by atoms with E-state index in [4.69, 9.17) is 14.2 Å². The number of unbranched alkanes of at least 4 members (excludes halogenated alkanes) is 33. The SMILES string of the molecule is CCCCCCCCCCCCC/C=C/CCCCCCCCCC(=O)OC(COCCC(C(=O)[O-])[N+](C)(C)C)COC(=O)CCCCCCCCCCCCCCCCCC. The first-order chi connectivity index (χ1) is 30.1. The van der Waals surface area contributed by atoms with Crippen molar-refractivity contribution in [3.63, 3.8) is 0 Å². The predicted octanol–water partition coefficient (Wildman–Crippen LogP) is 14.1. The largest absolute Gasteiger partial charge is 0.544 e. The Morgan fingerprint density at radius 1 is 0.468 bits per heavy atom. The number of hydrogen-bond donors (Lipinski definition) is 0. The lowest BCUT2D eigenvalue weighted by atomic mass is 10.0. The zero-order valence-electron chi connectivity index (χ0n) is 41.8. The Kier molecular flexibility index (Phi) is 44.2. The molecule has 0 N–H and O–H groups in total. The molecule has 0 aliphatic rings. The number of rotatable bonds is 49. The molecule has 0 fully saturated rings. The van der Waals surface area contributed by atoms with E-state index in [2.05, 4.69) is 26.0 Å². The van der Waals surface area contributed by atoms with Crippen molar-refractivity contribution in [1.29, 1.82) is 0 Å². The second kappa shape index (κ2) is 45.6. The molecule has 0 aliphatic carbocycles. The number of carboxylic acids is 1. The number of allylic oxidation sites excluding steroid dienone is 2. The average molecular weight is 878 g/mol. The summed E-state index contributed by atoms with van der Waals surface area (Å²) in [6, 6.07) is -0.723. The number of quaternary nitrogens is 1. The van der Waals surface area contributed by atoms with Crippen LogP contribution in [0.25, 0.3) is 0 Å². The summed E-state index contributed by atoms with van der Waals surface area (Å²) < 4.78 is 17.3. The van der Waals surface area contributed by atoms with Gasteiger partial charge in [-0.25, -0.2) is 0 Å². The van der Waals surface area contributed by atoms with Crippen molar-refractivity contribution >= 4 is 17.9 Å². The van der Waals surface area contributed by atoms with Crippen molar-refractivity contribution in [3.8, 4) is 0 Å². The summed E-state index contributed by atoms with van der Waals surface area (Å²) >= 11 is 0. The van der Waals surface area contributed by atoms with Crippen LogP contribution < -0.4 is 5.11 Å². The van der Waals surface area contributed by atoms with Gasteiger partial charge in [-0.15, -0.1) is 0 Å². The van der Waals surface area contributed by atoms with E-state index in [1.54, 1.807) is 0 Å². The Morgan fingerprint density at radius 2 is 0.806 bits per heavy atom. The fourth-order valence-corrected chi connectivity index (χ4v) is 8.25. The summed E-state index contributed by atoms with van der Waals surface area (Å²) in [7, 11) is 5.43. The molecule has 8 heteroatoms. The van der Waals surface area contributed by atoms with Crippen molar-refractivity contribution in [1.82, 2.24) is 0 Å². The number of aliphatic carboxylic acids is 1. The minimum absolute atomic E-state index is 0.0452. The van der Waals surface area contributed by atoms with Crippen LogP contribution in [-0.4, -0.2) is 75.5 Å². The Labute approximate surface area is 384 Å². The number of carboxylic acid groups (broad SMARTS) is 1. The molecule has 62 heavy (non-hydrogen) atoms. The van der Waals surface area contributed by atoms with Gasteiger partial charge in [-0.2, -0.15) is 0 Å². The van der Waals surface area contributed by atoms with Gasteiger partial charge in [0.1, 0.15) is 12.6 Å². The van der Waals surface area contributed by atoms with Crippen LogP contribution in [0.2, 0.25) is 0 Å². The highest BCUT2D eigenvalue weighted by Crippen LogP contribution is 2.17. The van der Waals surface area contributed by atoms with E-state index in [1.165, 1.54) is 193 Å². The van der Waals surface area contributed by atoms with E-state index in [1.807, 2.05) is 21.1 Å². The molecule has 0 aromatic heterocycles. The summed E-state index contributed by atoms with van der Waals surface area (Å²) in [4.78, 5) is 37.0. The van der Waals surface area contributed by atoms with Crippen LogP contribution in [-0.2, 0) is 28.6 Å². The molecule has 0 spiro atoms. The van der Waals surface area contributed by atoms with E-state index in [-0.39, 0.29) is 42.7 Å². The zero-order chi connectivity index (χ0) is 45.6. The Hall–Kier alpha value is -1.93. The van der Waals surface area contributed by atoms with Crippen molar-refractivity contribution in [3.05, 3.63) is 12.2 Å². The first kappa shape index (κ1) is 60.1. The van der Waals surface area contributed by atoms with Crippen molar-refractivity contribution in [2.75, 3.05) is 41.0 Å². The molecular weight excluding hydrogens is 775 g/mol. The number of carbonyl (C=O) groups is 3. The number of carbonyl (C=O) groups excluding carboxylic acids is 3. The van der Waals surface area contributed by atoms with Gasteiger partial charge in [0, 0.05) is 19.3 Å². The molecular formula is C54H103NO7. The first-order valence-corrected chi connectivity index (χ1v) is 26.7. The smallest absolute Gasteiger partial charge is 0.306 e. The van der Waals surface area contributed by atoms with Crippen molar-refractivity contribution in [2.24, 2.45) is 0 Å². The maximum absolute atomic E-state index is 12.8. The van der Waals surface area contributed by atoms with E-state index in [9.17, 15) is 19.5 Å². The molecule has 2 atom stereocenters. The molecule has 0 aromatic carbocycles. The Balaban J connectivity index is 4.18. The fraction of sp³-hybridized carbons (Fsp3) is 0.907. The zero-order valence-corrected chi connectivity index (χ0v) is 41.8. The van der Waals surface area contributed by atoms with Gasteiger partial charge < -0.3 is 28.6 Å². The number of esters is 2. The summed E-state index contributed by atoms with van der Waals surface area (Å²) in [5, 5.41) is 11.7. The van der Waals surface area contributed by atoms with Crippen LogP contribution in [0.3, 0.4) is 0 Å². The van der Waals surface area contributed by atoms with Crippen LogP contribution in [0.1, 0.15) is 264 Å². The van der Waals surface area contributed by atoms with Gasteiger partial charge in [0.15, 0.2) is 6.10 Å². The average Bonchev–Trinajstić information content (AvgIpc) is 3.23. The van der Waals surface area contributed by atoms with Gasteiger partial charge in [0.2, 0.25) is 0 Å². The summed E-state index contributed by atoms with van der Waals surface area (Å²) in [6.07, 6.45) is 51.0. The molecule has 0 saturated carbocycles. The standard InChI is InChI=1S/C54H103NO7/c1-6-8-10-12-14-16-18-20-22-24-25-26-27-28-29-31-33-35-37-39-41-43-45-53(57)62-50(48-60-47-46-51(54(58)59)55(3,4)5)49-61-52(56)44-42-40-38-36-34-32-30-23-21-19-17-15-13-11-9-7-2/h27-28,50-51H,6-26,29-49H2,1-5H3/b28-27+. The van der Waals surface area contributed by atoms with Crippen LogP contribution in [0.5, 0.6) is 0 Å². The third-order valence-electron chi connectivity index (χ3n) is 12.4.